The Morgan fingerprint density at radius 1 is 1.40 bits per heavy atom. The first kappa shape index (κ1) is 18.8. The van der Waals surface area contributed by atoms with Gasteiger partial charge in [-0.05, 0) is 32.4 Å². The Labute approximate surface area is 143 Å². The van der Waals surface area contributed by atoms with Crippen LogP contribution in [0.1, 0.15) is 25.5 Å². The second-order valence-corrected chi connectivity index (χ2v) is 5.45. The lowest BCUT2D eigenvalue weighted by atomic mass is 10.3. The third-order valence-electron chi connectivity index (χ3n) is 3.55. The molecule has 0 fully saturated rings. The summed E-state index contributed by atoms with van der Waals surface area (Å²) < 4.78 is 38.1. The third kappa shape index (κ3) is 5.20. The Morgan fingerprint density at radius 3 is 2.76 bits per heavy atom. The Kier molecular flexibility index (Phi) is 6.00. The Morgan fingerprint density at radius 2 is 2.16 bits per heavy atom. The number of halogens is 3. The number of aryl methyl sites for hydroxylation is 1. The normalized spacial score (nSPS) is 11.4. The number of nitrogens with one attached hydrogen (secondary N) is 1. The number of hydrogen-bond acceptors (Lipinski definition) is 3. The van der Waals surface area contributed by atoms with Crippen LogP contribution in [0.15, 0.2) is 30.7 Å². The molecule has 6 nitrogen and oxygen atoms in total. The highest BCUT2D eigenvalue weighted by atomic mass is 19.4. The highest BCUT2D eigenvalue weighted by Gasteiger charge is 2.26. The Balaban J connectivity index is 2.05. The van der Waals surface area contributed by atoms with E-state index in [9.17, 15) is 18.0 Å². The van der Waals surface area contributed by atoms with Gasteiger partial charge in [0.1, 0.15) is 0 Å². The number of carbonyl (C=O) groups is 1. The summed E-state index contributed by atoms with van der Waals surface area (Å²) >= 11 is 0. The summed E-state index contributed by atoms with van der Waals surface area (Å²) in [6, 6.07) is 3.16. The van der Waals surface area contributed by atoms with E-state index in [1.807, 2.05) is 6.07 Å². The molecule has 0 unspecified atom stereocenters. The average molecular weight is 355 g/mol. The first-order chi connectivity index (χ1) is 11.8. The van der Waals surface area contributed by atoms with Gasteiger partial charge in [-0.25, -0.2) is 9.48 Å². The van der Waals surface area contributed by atoms with Crippen LogP contribution in [0.2, 0.25) is 0 Å². The molecule has 2 rings (SSSR count). The second-order valence-electron chi connectivity index (χ2n) is 5.45. The van der Waals surface area contributed by atoms with E-state index in [-0.39, 0.29) is 13.0 Å². The molecule has 0 aliphatic rings. The van der Waals surface area contributed by atoms with Gasteiger partial charge in [-0.3, -0.25) is 9.88 Å². The molecule has 0 saturated carbocycles. The van der Waals surface area contributed by atoms with E-state index < -0.39 is 18.6 Å². The van der Waals surface area contributed by atoms with Gasteiger partial charge in [-0.1, -0.05) is 0 Å². The topological polar surface area (TPSA) is 63.1 Å². The number of nitrogens with zero attached hydrogens (tertiary/aromatic N) is 4. The summed E-state index contributed by atoms with van der Waals surface area (Å²) in [6.45, 7) is 3.88. The lowest BCUT2D eigenvalue weighted by molar-refractivity contribution is -0.135. The van der Waals surface area contributed by atoms with Crippen LogP contribution >= 0.6 is 0 Å². The molecule has 0 bridgehead atoms. The minimum absolute atomic E-state index is 0.0371. The monoisotopic (exact) mass is 355 g/mol. The van der Waals surface area contributed by atoms with E-state index in [1.54, 1.807) is 43.2 Å². The fourth-order valence-electron chi connectivity index (χ4n) is 2.34. The van der Waals surface area contributed by atoms with Crippen molar-refractivity contribution in [3.63, 3.8) is 0 Å². The van der Waals surface area contributed by atoms with Crippen LogP contribution < -0.4 is 10.2 Å². The van der Waals surface area contributed by atoms with Crippen molar-refractivity contribution in [2.24, 2.45) is 0 Å². The summed E-state index contributed by atoms with van der Waals surface area (Å²) in [5, 5.41) is 6.89. The summed E-state index contributed by atoms with van der Waals surface area (Å²) in [7, 11) is 0. The zero-order valence-corrected chi connectivity index (χ0v) is 14.0. The van der Waals surface area contributed by atoms with E-state index in [1.165, 1.54) is 4.90 Å². The van der Waals surface area contributed by atoms with Crippen LogP contribution in [0.4, 0.5) is 23.7 Å². The first-order valence-electron chi connectivity index (χ1n) is 7.90. The number of carbonyl (C=O) groups excluding carboxylic acids is 1. The zero-order chi connectivity index (χ0) is 18.4. The molecule has 0 aliphatic carbocycles. The molecule has 2 heterocycles. The van der Waals surface area contributed by atoms with E-state index in [4.69, 9.17) is 0 Å². The van der Waals surface area contributed by atoms with Crippen molar-refractivity contribution in [1.82, 2.24) is 20.1 Å². The zero-order valence-electron chi connectivity index (χ0n) is 14.0. The predicted octanol–water partition coefficient (Wildman–Crippen LogP) is 3.45. The number of aromatic nitrogens is 3. The van der Waals surface area contributed by atoms with Crippen molar-refractivity contribution in [3.8, 4) is 5.69 Å². The van der Waals surface area contributed by atoms with Crippen molar-refractivity contribution in [2.45, 2.75) is 32.9 Å². The van der Waals surface area contributed by atoms with Gasteiger partial charge in [-0.2, -0.15) is 18.3 Å². The van der Waals surface area contributed by atoms with Gasteiger partial charge < -0.3 is 5.32 Å². The lowest BCUT2D eigenvalue weighted by Crippen LogP contribution is -2.40. The van der Waals surface area contributed by atoms with Gasteiger partial charge >= 0.3 is 12.2 Å². The molecule has 9 heteroatoms. The second kappa shape index (κ2) is 8.00. The minimum Gasteiger partial charge on any atom is -0.338 e. The largest absolute Gasteiger partial charge is 0.389 e. The molecule has 2 aromatic heterocycles. The maximum Gasteiger partial charge on any atom is 0.389 e. The van der Waals surface area contributed by atoms with Gasteiger partial charge in [0.05, 0.1) is 29.5 Å². The molecule has 0 spiro atoms. The molecule has 0 aromatic carbocycles. The summed E-state index contributed by atoms with van der Waals surface area (Å²) in [5.41, 5.74) is 1.98. The molecule has 0 radical (unpaired) electrons. The molecular weight excluding hydrogens is 335 g/mol. The molecule has 136 valence electrons. The van der Waals surface area contributed by atoms with E-state index >= 15 is 0 Å². The van der Waals surface area contributed by atoms with Gasteiger partial charge in [0.2, 0.25) is 0 Å². The molecule has 25 heavy (non-hydrogen) atoms. The van der Waals surface area contributed by atoms with Crippen LogP contribution in [0, 0.1) is 6.92 Å². The fraction of sp³-hybridized carbons (Fsp3) is 0.438. The Bertz CT molecular complexity index is 700. The lowest BCUT2D eigenvalue weighted by Gasteiger charge is -2.20. The molecule has 0 aliphatic heterocycles. The van der Waals surface area contributed by atoms with Gasteiger partial charge in [0.15, 0.2) is 0 Å². The average Bonchev–Trinajstić information content (AvgIpc) is 2.94. The van der Waals surface area contributed by atoms with Crippen molar-refractivity contribution < 1.29 is 18.0 Å². The summed E-state index contributed by atoms with van der Waals surface area (Å²) in [5.74, 6) is 0. The number of pyridine rings is 1. The van der Waals surface area contributed by atoms with Gasteiger partial charge in [-0.15, -0.1) is 0 Å². The van der Waals surface area contributed by atoms with E-state index in [0.29, 0.717) is 17.9 Å². The van der Waals surface area contributed by atoms with Crippen LogP contribution in [-0.2, 0) is 0 Å². The predicted molar refractivity (Wildman–Crippen MR) is 87.8 cm³/mol. The van der Waals surface area contributed by atoms with E-state index in [2.05, 4.69) is 15.4 Å². The van der Waals surface area contributed by atoms with Crippen LogP contribution in [0.5, 0.6) is 0 Å². The van der Waals surface area contributed by atoms with Gasteiger partial charge in [0.25, 0.3) is 0 Å². The number of rotatable bonds is 6. The highest BCUT2D eigenvalue weighted by Crippen LogP contribution is 2.22. The minimum atomic E-state index is -4.21. The van der Waals surface area contributed by atoms with Crippen molar-refractivity contribution >= 4 is 11.7 Å². The SMILES string of the molecule is CCN(C(=O)NCCCC(F)(F)F)c1cn(-c2cccnc2)nc1C. The summed E-state index contributed by atoms with van der Waals surface area (Å²) in [6.07, 6.45) is -0.295. The van der Waals surface area contributed by atoms with E-state index in [0.717, 1.165) is 5.69 Å². The highest BCUT2D eigenvalue weighted by molar-refractivity contribution is 5.92. The molecule has 0 atom stereocenters. The summed E-state index contributed by atoms with van der Waals surface area (Å²) in [4.78, 5) is 17.8. The van der Waals surface area contributed by atoms with Gasteiger partial charge in [0, 0.05) is 25.7 Å². The van der Waals surface area contributed by atoms with Crippen molar-refractivity contribution in [1.29, 1.82) is 0 Å². The number of anilines is 1. The third-order valence-corrected chi connectivity index (χ3v) is 3.55. The van der Waals surface area contributed by atoms with Crippen molar-refractivity contribution in [2.75, 3.05) is 18.0 Å². The van der Waals surface area contributed by atoms with Crippen LogP contribution in [0.3, 0.4) is 0 Å². The quantitative estimate of drug-likeness (QED) is 0.807. The molecule has 2 amide bonds. The van der Waals surface area contributed by atoms with Crippen LogP contribution in [-0.4, -0.2) is 40.1 Å². The maximum atomic E-state index is 12.3. The number of urea groups is 1. The van der Waals surface area contributed by atoms with Crippen LogP contribution in [0.25, 0.3) is 5.69 Å². The molecule has 1 N–H and O–H groups in total. The fourth-order valence-corrected chi connectivity index (χ4v) is 2.34. The number of amides is 2. The first-order valence-corrected chi connectivity index (χ1v) is 7.90. The molecular formula is C16H20F3N5O. The number of hydrogen-bond donors (Lipinski definition) is 1. The Hall–Kier alpha value is -2.58. The number of alkyl halides is 3. The molecule has 2 aromatic rings. The smallest absolute Gasteiger partial charge is 0.338 e. The van der Waals surface area contributed by atoms with Crippen molar-refractivity contribution in [3.05, 3.63) is 36.4 Å². The molecule has 0 saturated heterocycles. The maximum absolute atomic E-state index is 12.3. The standard InChI is InChI=1S/C16H20F3N5O/c1-3-23(15(25)21-9-5-7-16(17,18)19)14-11-24(22-12(14)2)13-6-4-8-20-10-13/h4,6,8,10-11H,3,5,7,9H2,1-2H3,(H,21,25).